The van der Waals surface area contributed by atoms with Gasteiger partial charge >= 0.3 is 0 Å². The fraction of sp³-hybridized carbons (Fsp3) is 0.880. The fourth-order valence-corrected chi connectivity index (χ4v) is 4.07. The van der Waals surface area contributed by atoms with Crippen LogP contribution in [0.25, 0.3) is 0 Å². The third kappa shape index (κ3) is 14.6. The maximum atomic E-state index is 10.3. The standard InChI is InChI=1S/C25H47N3O2/c1-23-24(2)28(27-26-23)22-20-18-16-14-12-10-8-6-4-3-5-7-9-11-13-15-17-19-21-25(29)30/h3-22H2,1-2H3,(H,29,30). The molecule has 0 aliphatic heterocycles. The van der Waals surface area contributed by atoms with Gasteiger partial charge in [0.25, 0.3) is 0 Å². The molecule has 1 N–H and O–H groups in total. The second-order valence-electron chi connectivity index (χ2n) is 9.02. The Morgan fingerprint density at radius 2 is 1.07 bits per heavy atom. The molecule has 0 aliphatic rings. The van der Waals surface area contributed by atoms with Gasteiger partial charge in [-0.25, -0.2) is 0 Å². The van der Waals surface area contributed by atoms with Crippen molar-refractivity contribution in [2.45, 2.75) is 142 Å². The molecule has 0 saturated heterocycles. The predicted octanol–water partition coefficient (Wildman–Crippen LogP) is 5.48. The van der Waals surface area contributed by atoms with E-state index in [0.29, 0.717) is 0 Å². The second-order valence-corrected chi connectivity index (χ2v) is 9.02. The number of rotatable bonds is 21. The molecule has 0 spiro atoms. The minimum absolute atomic E-state index is 0.228. The highest BCUT2D eigenvalue weighted by Crippen LogP contribution is 2.14. The molecule has 0 atom stereocenters. The van der Waals surface area contributed by atoms with Crippen LogP contribution in [0.2, 0.25) is 0 Å². The first-order valence-corrected chi connectivity index (χ1v) is 12.7. The molecule has 0 fully saturated rings. The van der Waals surface area contributed by atoms with Crippen molar-refractivity contribution >= 4 is 5.97 Å². The van der Waals surface area contributed by atoms with Gasteiger partial charge in [-0.15, -0.1) is 0 Å². The van der Waals surface area contributed by atoms with Gasteiger partial charge in [-0.05, 0) is 25.7 Å². The van der Waals surface area contributed by atoms with E-state index in [1.54, 1.807) is 0 Å². The number of hydrogen-bond acceptors (Lipinski definition) is 3. The summed E-state index contributed by atoms with van der Waals surface area (Å²) in [7, 11) is 0. The molecule has 1 aromatic rings. The molecular weight excluding hydrogens is 374 g/mol. The number of carbonyl (C=O) groups excluding carboxylic acids is 1. The quantitative estimate of drug-likeness (QED) is 0.211. The number of aryl methyl sites for hydroxylation is 2. The van der Waals surface area contributed by atoms with Crippen molar-refractivity contribution in [3.63, 3.8) is 0 Å². The Hall–Kier alpha value is -1.39. The second kappa shape index (κ2) is 18.4. The SMILES string of the molecule is Cc1n[nH][n+](CCCCCCCCCCCCCCCCCCCCC(=O)[O-])c1C. The van der Waals surface area contributed by atoms with Gasteiger partial charge in [0.2, 0.25) is 5.69 Å². The Balaban J connectivity index is 1.71. The van der Waals surface area contributed by atoms with Crippen molar-refractivity contribution < 1.29 is 14.6 Å². The van der Waals surface area contributed by atoms with Crippen LogP contribution in [0.4, 0.5) is 0 Å². The molecule has 1 rings (SSSR count). The van der Waals surface area contributed by atoms with E-state index >= 15 is 0 Å². The maximum Gasteiger partial charge on any atom is 0.218 e. The Morgan fingerprint density at radius 3 is 1.40 bits per heavy atom. The summed E-state index contributed by atoms with van der Waals surface area (Å²) in [5.74, 6) is -0.906. The number of carboxylic acids is 1. The van der Waals surface area contributed by atoms with Gasteiger partial charge in [-0.1, -0.05) is 102 Å². The number of H-pyrrole nitrogens is 1. The van der Waals surface area contributed by atoms with Crippen molar-refractivity contribution in [3.05, 3.63) is 11.4 Å². The highest BCUT2D eigenvalue weighted by atomic mass is 16.4. The van der Waals surface area contributed by atoms with E-state index < -0.39 is 5.97 Å². The van der Waals surface area contributed by atoms with E-state index in [4.69, 9.17) is 0 Å². The zero-order valence-electron chi connectivity index (χ0n) is 19.9. The number of carbonyl (C=O) groups is 1. The normalized spacial score (nSPS) is 11.3. The summed E-state index contributed by atoms with van der Waals surface area (Å²) in [4.78, 5) is 10.3. The third-order valence-electron chi connectivity index (χ3n) is 6.28. The number of aromatic nitrogens is 3. The lowest BCUT2D eigenvalue weighted by Crippen LogP contribution is -2.38. The van der Waals surface area contributed by atoms with E-state index in [2.05, 4.69) is 28.8 Å². The lowest BCUT2D eigenvalue weighted by Gasteiger charge is -2.04. The highest BCUT2D eigenvalue weighted by molar-refractivity contribution is 5.63. The first kappa shape index (κ1) is 26.6. The summed E-state index contributed by atoms with van der Waals surface area (Å²) in [5, 5.41) is 17.6. The van der Waals surface area contributed by atoms with Crippen LogP contribution in [0.3, 0.4) is 0 Å². The molecule has 5 nitrogen and oxygen atoms in total. The van der Waals surface area contributed by atoms with Gasteiger partial charge in [0.05, 0.1) is 0 Å². The fourth-order valence-electron chi connectivity index (χ4n) is 4.07. The van der Waals surface area contributed by atoms with Crippen LogP contribution in [0, 0.1) is 13.8 Å². The first-order chi connectivity index (χ1) is 14.6. The van der Waals surface area contributed by atoms with Crippen molar-refractivity contribution in [3.8, 4) is 0 Å². The summed E-state index contributed by atoms with van der Waals surface area (Å²) in [5.41, 5.74) is 2.37. The van der Waals surface area contributed by atoms with Crippen LogP contribution in [-0.2, 0) is 11.3 Å². The molecule has 0 amide bonds. The molecule has 0 bridgehead atoms. The van der Waals surface area contributed by atoms with Gasteiger partial charge in [0, 0.05) is 24.9 Å². The Labute approximate surface area is 185 Å². The van der Waals surface area contributed by atoms with E-state index in [-0.39, 0.29) is 6.42 Å². The molecule has 0 saturated carbocycles. The lowest BCUT2D eigenvalue weighted by molar-refractivity contribution is -0.759. The molecule has 0 aromatic carbocycles. The average molecular weight is 422 g/mol. The largest absolute Gasteiger partial charge is 0.550 e. The van der Waals surface area contributed by atoms with Crippen LogP contribution < -0.4 is 9.79 Å². The highest BCUT2D eigenvalue weighted by Gasteiger charge is 2.11. The minimum atomic E-state index is -0.906. The molecule has 1 aromatic heterocycles. The Bertz CT molecular complexity index is 542. The van der Waals surface area contributed by atoms with Gasteiger partial charge in [0.15, 0.2) is 5.69 Å². The molecule has 5 heteroatoms. The summed E-state index contributed by atoms with van der Waals surface area (Å²) in [6.07, 6.45) is 23.7. The minimum Gasteiger partial charge on any atom is -0.550 e. The third-order valence-corrected chi connectivity index (χ3v) is 6.28. The van der Waals surface area contributed by atoms with Crippen molar-refractivity contribution in [2.75, 3.05) is 0 Å². The molecular formula is C25H47N3O2. The number of aromatic amines is 1. The average Bonchev–Trinajstić information content (AvgIpc) is 3.04. The Morgan fingerprint density at radius 1 is 0.700 bits per heavy atom. The van der Waals surface area contributed by atoms with Gasteiger partial charge in [0.1, 0.15) is 6.54 Å². The van der Waals surface area contributed by atoms with Crippen LogP contribution in [0.15, 0.2) is 0 Å². The van der Waals surface area contributed by atoms with E-state index in [1.807, 2.05) is 0 Å². The number of aliphatic carboxylic acids is 1. The van der Waals surface area contributed by atoms with E-state index in [0.717, 1.165) is 25.1 Å². The van der Waals surface area contributed by atoms with Crippen molar-refractivity contribution in [1.29, 1.82) is 0 Å². The monoisotopic (exact) mass is 421 g/mol. The zero-order valence-corrected chi connectivity index (χ0v) is 19.9. The van der Waals surface area contributed by atoms with Gasteiger partial charge in [-0.2, -0.15) is 4.68 Å². The first-order valence-electron chi connectivity index (χ1n) is 12.7. The summed E-state index contributed by atoms with van der Waals surface area (Å²) < 4.78 is 2.17. The van der Waals surface area contributed by atoms with E-state index in [9.17, 15) is 9.90 Å². The number of unbranched alkanes of at least 4 members (excludes halogenated alkanes) is 17. The number of nitrogens with zero attached hydrogens (tertiary/aromatic N) is 2. The maximum absolute atomic E-state index is 10.3. The predicted molar refractivity (Wildman–Crippen MR) is 121 cm³/mol. The van der Waals surface area contributed by atoms with Crippen LogP contribution in [0.5, 0.6) is 0 Å². The molecule has 0 radical (unpaired) electrons. The zero-order chi connectivity index (χ0) is 21.9. The van der Waals surface area contributed by atoms with Gasteiger partial charge in [-0.3, -0.25) is 0 Å². The topological polar surface area (TPSA) is 72.7 Å². The Kier molecular flexibility index (Phi) is 16.3. The molecule has 0 unspecified atom stereocenters. The number of carboxylic acid groups (broad SMARTS) is 1. The summed E-state index contributed by atoms with van der Waals surface area (Å²) in [6, 6.07) is 0. The molecule has 30 heavy (non-hydrogen) atoms. The van der Waals surface area contributed by atoms with Crippen LogP contribution in [0.1, 0.15) is 133 Å². The van der Waals surface area contributed by atoms with E-state index in [1.165, 1.54) is 108 Å². The number of hydrogen-bond donors (Lipinski definition) is 1. The summed E-state index contributed by atoms with van der Waals surface area (Å²) >= 11 is 0. The molecule has 174 valence electrons. The van der Waals surface area contributed by atoms with Crippen molar-refractivity contribution in [2.24, 2.45) is 0 Å². The van der Waals surface area contributed by atoms with Crippen LogP contribution in [-0.4, -0.2) is 16.3 Å². The molecule has 1 heterocycles. The lowest BCUT2D eigenvalue weighted by atomic mass is 10.0. The summed E-state index contributed by atoms with van der Waals surface area (Å²) in [6.45, 7) is 5.25. The molecule has 0 aliphatic carbocycles. The van der Waals surface area contributed by atoms with Crippen LogP contribution >= 0.6 is 0 Å². The smallest absolute Gasteiger partial charge is 0.218 e. The number of nitrogens with one attached hydrogen (secondary N) is 1. The van der Waals surface area contributed by atoms with Crippen molar-refractivity contribution in [1.82, 2.24) is 10.3 Å². The van der Waals surface area contributed by atoms with Gasteiger partial charge < -0.3 is 9.90 Å².